The first-order valence-electron chi connectivity index (χ1n) is 7.92. The number of rotatable bonds is 5. The minimum atomic E-state index is -3.39. The van der Waals surface area contributed by atoms with E-state index in [0.717, 1.165) is 5.69 Å². The first-order chi connectivity index (χ1) is 10.9. The summed E-state index contributed by atoms with van der Waals surface area (Å²) >= 11 is 0. The number of hydrogen-bond acceptors (Lipinski definition) is 3. The van der Waals surface area contributed by atoms with E-state index in [0.29, 0.717) is 32.5 Å². The quantitative estimate of drug-likeness (QED) is 0.818. The summed E-state index contributed by atoms with van der Waals surface area (Å²) in [5, 5.41) is 0. The molecule has 1 heterocycles. The van der Waals surface area contributed by atoms with Crippen LogP contribution in [-0.4, -0.2) is 56.7 Å². The second-order valence-electron chi connectivity index (χ2n) is 5.88. The number of nitrogens with zero attached hydrogens (tertiary/aromatic N) is 3. The van der Waals surface area contributed by atoms with Gasteiger partial charge in [0.15, 0.2) is 0 Å². The maximum absolute atomic E-state index is 12.8. The molecule has 0 aliphatic carbocycles. The maximum atomic E-state index is 12.8. The Kier molecular flexibility index (Phi) is 5.78. The van der Waals surface area contributed by atoms with Gasteiger partial charge in [-0.3, -0.25) is 4.79 Å². The van der Waals surface area contributed by atoms with E-state index in [1.165, 1.54) is 22.7 Å². The Labute approximate surface area is 138 Å². The third kappa shape index (κ3) is 3.91. The number of anilines is 1. The van der Waals surface area contributed by atoms with Gasteiger partial charge < -0.3 is 4.90 Å². The highest BCUT2D eigenvalue weighted by molar-refractivity contribution is 7.86. The van der Waals surface area contributed by atoms with Crippen LogP contribution in [0.2, 0.25) is 0 Å². The lowest BCUT2D eigenvalue weighted by atomic mass is 9.96. The normalized spacial score (nSPS) is 17.4. The molecule has 128 valence electrons. The summed E-state index contributed by atoms with van der Waals surface area (Å²) in [5.74, 6) is -0.0376. The van der Waals surface area contributed by atoms with Crippen LogP contribution in [0.4, 0.5) is 5.69 Å². The molecule has 0 atom stereocenters. The summed E-state index contributed by atoms with van der Waals surface area (Å²) in [4.78, 5) is 14.5. The van der Waals surface area contributed by atoms with Crippen molar-refractivity contribution in [2.75, 3.05) is 38.6 Å². The number of amides is 1. The van der Waals surface area contributed by atoms with Gasteiger partial charge in [0.25, 0.3) is 10.2 Å². The average molecular weight is 339 g/mol. The van der Waals surface area contributed by atoms with Crippen molar-refractivity contribution in [2.45, 2.75) is 19.8 Å². The Morgan fingerprint density at radius 3 is 2.22 bits per heavy atom. The molecule has 0 saturated carbocycles. The molecule has 0 unspecified atom stereocenters. The number of carbonyl (C=O) groups excluding carboxylic acids is 1. The molecule has 0 N–H and O–H groups in total. The predicted octanol–water partition coefficient (Wildman–Crippen LogP) is 1.56. The van der Waals surface area contributed by atoms with Gasteiger partial charge >= 0.3 is 0 Å². The monoisotopic (exact) mass is 339 g/mol. The highest BCUT2D eigenvalue weighted by Gasteiger charge is 2.33. The Balaban J connectivity index is 2.03. The molecule has 1 fully saturated rings. The van der Waals surface area contributed by atoms with Gasteiger partial charge in [-0.1, -0.05) is 18.2 Å². The molecule has 1 aromatic carbocycles. The molecule has 0 aromatic heterocycles. The largest absolute Gasteiger partial charge is 0.312 e. The Morgan fingerprint density at radius 1 is 1.17 bits per heavy atom. The number of benzene rings is 1. The standard InChI is InChI=1S/C16H25N3O3S/c1-4-19(15-8-6-5-7-9-15)16(20)14-10-12-18(13-11-14)23(21,22)17(2)3/h5-9,14H,4,10-13H2,1-3H3. The van der Waals surface area contributed by atoms with Crippen LogP contribution in [0.5, 0.6) is 0 Å². The Morgan fingerprint density at radius 2 is 1.74 bits per heavy atom. The van der Waals surface area contributed by atoms with Crippen molar-refractivity contribution in [2.24, 2.45) is 5.92 Å². The van der Waals surface area contributed by atoms with Crippen molar-refractivity contribution in [3.8, 4) is 0 Å². The van der Waals surface area contributed by atoms with Crippen LogP contribution in [0.1, 0.15) is 19.8 Å². The number of carbonyl (C=O) groups is 1. The van der Waals surface area contributed by atoms with Crippen molar-refractivity contribution in [1.29, 1.82) is 0 Å². The molecule has 1 aromatic rings. The molecular formula is C16H25N3O3S. The van der Waals surface area contributed by atoms with E-state index < -0.39 is 10.2 Å². The molecule has 1 saturated heterocycles. The van der Waals surface area contributed by atoms with Crippen LogP contribution in [0.15, 0.2) is 30.3 Å². The van der Waals surface area contributed by atoms with Crippen LogP contribution in [0, 0.1) is 5.92 Å². The fourth-order valence-electron chi connectivity index (χ4n) is 2.86. The second kappa shape index (κ2) is 7.42. The summed E-state index contributed by atoms with van der Waals surface area (Å²) < 4.78 is 26.9. The number of para-hydroxylation sites is 1. The lowest BCUT2D eigenvalue weighted by Crippen LogP contribution is -2.47. The maximum Gasteiger partial charge on any atom is 0.281 e. The van der Waals surface area contributed by atoms with E-state index in [4.69, 9.17) is 0 Å². The molecular weight excluding hydrogens is 314 g/mol. The molecule has 0 bridgehead atoms. The van der Waals surface area contributed by atoms with Crippen LogP contribution in [0.3, 0.4) is 0 Å². The van der Waals surface area contributed by atoms with E-state index in [-0.39, 0.29) is 11.8 Å². The van der Waals surface area contributed by atoms with E-state index in [1.54, 1.807) is 4.90 Å². The number of hydrogen-bond donors (Lipinski definition) is 0. The summed E-state index contributed by atoms with van der Waals surface area (Å²) in [6, 6.07) is 9.60. The van der Waals surface area contributed by atoms with E-state index in [9.17, 15) is 13.2 Å². The van der Waals surface area contributed by atoms with Gasteiger partial charge in [0.1, 0.15) is 0 Å². The lowest BCUT2D eigenvalue weighted by Gasteiger charge is -2.34. The highest BCUT2D eigenvalue weighted by atomic mass is 32.2. The highest BCUT2D eigenvalue weighted by Crippen LogP contribution is 2.25. The predicted molar refractivity (Wildman–Crippen MR) is 91.4 cm³/mol. The van der Waals surface area contributed by atoms with Gasteiger partial charge in [0.05, 0.1) is 0 Å². The van der Waals surface area contributed by atoms with Crippen molar-refractivity contribution >= 4 is 21.8 Å². The van der Waals surface area contributed by atoms with Gasteiger partial charge in [-0.25, -0.2) is 0 Å². The number of piperidine rings is 1. The van der Waals surface area contributed by atoms with Crippen molar-refractivity contribution in [1.82, 2.24) is 8.61 Å². The van der Waals surface area contributed by atoms with Crippen LogP contribution in [0.25, 0.3) is 0 Å². The fraction of sp³-hybridized carbons (Fsp3) is 0.562. The third-order valence-corrected chi connectivity index (χ3v) is 6.18. The zero-order chi connectivity index (χ0) is 17.0. The van der Waals surface area contributed by atoms with Crippen molar-refractivity contribution < 1.29 is 13.2 Å². The minimum Gasteiger partial charge on any atom is -0.312 e. The van der Waals surface area contributed by atoms with Gasteiger partial charge in [-0.2, -0.15) is 17.0 Å². The fourth-order valence-corrected chi connectivity index (χ4v) is 3.99. The Bertz CT molecular complexity index is 623. The molecule has 0 radical (unpaired) electrons. The zero-order valence-electron chi connectivity index (χ0n) is 14.0. The van der Waals surface area contributed by atoms with E-state index >= 15 is 0 Å². The summed E-state index contributed by atoms with van der Waals surface area (Å²) in [7, 11) is -0.328. The molecule has 1 amide bonds. The van der Waals surface area contributed by atoms with Crippen molar-refractivity contribution in [3.63, 3.8) is 0 Å². The zero-order valence-corrected chi connectivity index (χ0v) is 14.8. The van der Waals surface area contributed by atoms with Gasteiger partial charge in [0.2, 0.25) is 5.91 Å². The van der Waals surface area contributed by atoms with Crippen LogP contribution >= 0.6 is 0 Å². The second-order valence-corrected chi connectivity index (χ2v) is 8.02. The molecule has 1 aliphatic rings. The molecule has 0 spiro atoms. The van der Waals surface area contributed by atoms with Gasteiger partial charge in [-0.05, 0) is 31.9 Å². The molecule has 1 aliphatic heterocycles. The third-order valence-electron chi connectivity index (χ3n) is 4.24. The molecule has 7 heteroatoms. The minimum absolute atomic E-state index is 0.0839. The molecule has 23 heavy (non-hydrogen) atoms. The Hall–Kier alpha value is -1.44. The van der Waals surface area contributed by atoms with Crippen molar-refractivity contribution in [3.05, 3.63) is 30.3 Å². The van der Waals surface area contributed by atoms with E-state index in [1.807, 2.05) is 37.3 Å². The SMILES string of the molecule is CCN(C(=O)C1CCN(S(=O)(=O)N(C)C)CC1)c1ccccc1. The van der Waals surface area contributed by atoms with Gasteiger partial charge in [0, 0.05) is 45.3 Å². The molecule has 2 rings (SSSR count). The van der Waals surface area contributed by atoms with E-state index in [2.05, 4.69) is 0 Å². The molecule has 6 nitrogen and oxygen atoms in total. The average Bonchev–Trinajstić information content (AvgIpc) is 2.56. The topological polar surface area (TPSA) is 60.9 Å². The van der Waals surface area contributed by atoms with Gasteiger partial charge in [-0.15, -0.1) is 0 Å². The smallest absolute Gasteiger partial charge is 0.281 e. The summed E-state index contributed by atoms with van der Waals surface area (Å²) in [6.45, 7) is 3.35. The summed E-state index contributed by atoms with van der Waals surface area (Å²) in [6.07, 6.45) is 1.13. The first-order valence-corrected chi connectivity index (χ1v) is 9.31. The first kappa shape index (κ1) is 17.9. The van der Waals surface area contributed by atoms with Crippen LogP contribution < -0.4 is 4.90 Å². The lowest BCUT2D eigenvalue weighted by molar-refractivity contribution is -0.123. The van der Waals surface area contributed by atoms with Crippen LogP contribution in [-0.2, 0) is 15.0 Å². The summed E-state index contributed by atoms with van der Waals surface area (Å²) in [5.41, 5.74) is 0.892.